The molecule has 1 radical (unpaired) electrons. The van der Waals surface area contributed by atoms with Crippen LogP contribution in [0.3, 0.4) is 0 Å². The van der Waals surface area contributed by atoms with E-state index in [0.717, 1.165) is 0 Å². The zero-order valence-electron chi connectivity index (χ0n) is 0.934. The van der Waals surface area contributed by atoms with E-state index in [2.05, 4.69) is 0 Å². The third-order valence-corrected chi connectivity index (χ3v) is 0. The van der Waals surface area contributed by atoms with Crippen molar-refractivity contribution in [3.05, 3.63) is 0 Å². The van der Waals surface area contributed by atoms with Gasteiger partial charge in [-0.15, -0.1) is 0 Å². The second-order valence-corrected chi connectivity index (χ2v) is 0. The van der Waals surface area contributed by atoms with Gasteiger partial charge in [-0.1, -0.05) is 0 Å². The van der Waals surface area contributed by atoms with Crippen LogP contribution in [0.5, 0.6) is 0 Å². The predicted molar refractivity (Wildman–Crippen MR) is 9.94 cm³/mol. The first-order valence-electron chi connectivity index (χ1n) is 0. The van der Waals surface area contributed by atoms with Crippen LogP contribution in [0.25, 0.3) is 0 Å². The van der Waals surface area contributed by atoms with Crippen molar-refractivity contribution in [2.75, 3.05) is 0 Å². The van der Waals surface area contributed by atoms with E-state index in [9.17, 15) is 0 Å². The molecule has 4 heteroatoms. The monoisotopic (exact) mass is 391 g/mol. The summed E-state index contributed by atoms with van der Waals surface area (Å²) in [6, 6.07) is 0. The van der Waals surface area contributed by atoms with Crippen LogP contribution in [0.1, 0.15) is 0 Å². The van der Waals surface area contributed by atoms with Gasteiger partial charge in [0.05, 0.1) is 0 Å². The van der Waals surface area contributed by atoms with Gasteiger partial charge < -0.3 is 0 Å². The van der Waals surface area contributed by atoms with Gasteiger partial charge in [0.1, 0.15) is 0 Å². The van der Waals surface area contributed by atoms with E-state index >= 15 is 0 Å². The van der Waals surface area contributed by atoms with Crippen LogP contribution in [-0.4, -0.2) is 17.4 Å². The van der Waals surface area contributed by atoms with Gasteiger partial charge in [-0.05, 0) is 0 Å². The molecule has 0 fully saturated rings. The minimum absolute atomic E-state index is 0. The topological polar surface area (TPSA) is 0 Å². The van der Waals surface area contributed by atoms with Gasteiger partial charge in [0.15, 0.2) is 17.4 Å². The summed E-state index contributed by atoms with van der Waals surface area (Å²) in [7, 11) is 0. The molecule has 0 atom stereocenters. The van der Waals surface area contributed by atoms with Crippen molar-refractivity contribution < 1.29 is 59.3 Å². The number of hydrogen-bond donors (Lipinski definition) is 0. The molecule has 37 valence electrons. The van der Waals surface area contributed by atoms with E-state index in [-0.39, 0.29) is 76.7 Å². The molecule has 0 rings (SSSR count). The predicted octanol–water partition coefficient (Wildman–Crippen LogP) is -1.19. The van der Waals surface area contributed by atoms with Gasteiger partial charge in [-0.3, -0.25) is 0 Å². The van der Waals surface area contributed by atoms with E-state index < -0.39 is 0 Å². The van der Waals surface area contributed by atoms with Crippen LogP contribution in [-0.2, 0) is 59.3 Å². The van der Waals surface area contributed by atoms with Crippen molar-refractivity contribution >= 4 is 17.4 Å². The summed E-state index contributed by atoms with van der Waals surface area (Å²) in [6.45, 7) is 0. The van der Waals surface area contributed by atoms with E-state index in [0.29, 0.717) is 0 Å². The average Bonchev–Trinajstić information content (AvgIpc) is 0. The Morgan fingerprint density at radius 2 is 1.00 bits per heavy atom. The summed E-state index contributed by atoms with van der Waals surface area (Å²) in [5.74, 6) is 0. The molecular weight excluding hydrogens is 389 g/mol. The van der Waals surface area contributed by atoms with Gasteiger partial charge in [0, 0.05) is 59.3 Å². The Balaban J connectivity index is 0. The maximum Gasteiger partial charge on any atom is 0.187 e. The maximum absolute atomic E-state index is 0. The fourth-order valence-corrected chi connectivity index (χ4v) is 0. The SMILES string of the molecule is [AlH3].[Au].[Ni].[Pd]. The molecule has 0 aromatic carbocycles. The minimum atomic E-state index is 0. The Labute approximate surface area is 75.7 Å². The van der Waals surface area contributed by atoms with Crippen molar-refractivity contribution in [2.45, 2.75) is 0 Å². The molecular formula is H3AlAuNiPd. The van der Waals surface area contributed by atoms with Crippen LogP contribution in [0.15, 0.2) is 0 Å². The maximum atomic E-state index is 0. The molecule has 0 amide bonds. The molecule has 0 saturated carbocycles. The largest absolute Gasteiger partial charge is 0.187 e. The molecule has 0 bridgehead atoms. The van der Waals surface area contributed by atoms with Crippen molar-refractivity contribution in [1.82, 2.24) is 0 Å². The third kappa shape index (κ3) is 8.83. The van der Waals surface area contributed by atoms with E-state index in [1.165, 1.54) is 0 Å². The Hall–Kier alpha value is 2.43. The van der Waals surface area contributed by atoms with Crippen molar-refractivity contribution in [3.63, 3.8) is 0 Å². The zero-order chi connectivity index (χ0) is 0. The minimum Gasteiger partial charge on any atom is 0 e. The van der Waals surface area contributed by atoms with E-state index in [1.807, 2.05) is 0 Å². The van der Waals surface area contributed by atoms with Gasteiger partial charge in [0.2, 0.25) is 0 Å². The molecule has 0 aromatic heterocycles. The Morgan fingerprint density at radius 3 is 1.00 bits per heavy atom. The molecule has 0 aliphatic rings. The summed E-state index contributed by atoms with van der Waals surface area (Å²) in [5.41, 5.74) is 0. The van der Waals surface area contributed by atoms with Crippen molar-refractivity contribution in [3.8, 4) is 0 Å². The van der Waals surface area contributed by atoms with E-state index in [4.69, 9.17) is 0 Å². The van der Waals surface area contributed by atoms with Crippen LogP contribution in [0, 0.1) is 0 Å². The fourth-order valence-electron chi connectivity index (χ4n) is 0. The smallest absolute Gasteiger partial charge is 0 e. The summed E-state index contributed by atoms with van der Waals surface area (Å²) in [6.07, 6.45) is 0. The third-order valence-electron chi connectivity index (χ3n) is 0. The van der Waals surface area contributed by atoms with E-state index in [1.54, 1.807) is 0 Å². The number of hydrogen-bond acceptors (Lipinski definition) is 0. The van der Waals surface area contributed by atoms with Crippen molar-refractivity contribution in [1.29, 1.82) is 0 Å². The summed E-state index contributed by atoms with van der Waals surface area (Å²) in [5, 5.41) is 0. The molecule has 0 unspecified atom stereocenters. The summed E-state index contributed by atoms with van der Waals surface area (Å²) < 4.78 is 0. The summed E-state index contributed by atoms with van der Waals surface area (Å²) in [4.78, 5) is 0. The standard InChI is InChI=1S/Al.Au.Ni.Pd.3H. The van der Waals surface area contributed by atoms with Crippen LogP contribution >= 0.6 is 0 Å². The van der Waals surface area contributed by atoms with Crippen LogP contribution < -0.4 is 0 Å². The second-order valence-electron chi connectivity index (χ2n) is 0. The molecule has 0 spiro atoms. The van der Waals surface area contributed by atoms with Gasteiger partial charge in [-0.25, -0.2) is 0 Å². The second kappa shape index (κ2) is 18.1. The molecule has 0 aromatic rings. The fraction of sp³-hybridized carbons (Fsp3) is 0. The quantitative estimate of drug-likeness (QED) is 0.455. The molecule has 0 N–H and O–H groups in total. The molecule has 0 aliphatic heterocycles. The Bertz CT molecular complexity index is 8.00. The summed E-state index contributed by atoms with van der Waals surface area (Å²) >= 11 is 0. The first kappa shape index (κ1) is 32.1. The zero-order valence-corrected chi connectivity index (χ0v) is 5.64. The van der Waals surface area contributed by atoms with Crippen molar-refractivity contribution in [2.24, 2.45) is 0 Å². The molecule has 0 heterocycles. The molecule has 0 nitrogen and oxygen atoms in total. The first-order valence-corrected chi connectivity index (χ1v) is 0. The number of rotatable bonds is 0. The van der Waals surface area contributed by atoms with Gasteiger partial charge in [0.25, 0.3) is 0 Å². The Morgan fingerprint density at radius 1 is 1.00 bits per heavy atom. The average molecular weight is 392 g/mol. The molecule has 0 saturated heterocycles. The molecule has 0 aliphatic carbocycles. The normalized spacial score (nSPS) is 0. The first-order chi connectivity index (χ1) is 0. The Kier molecular flexibility index (Phi) is 145. The van der Waals surface area contributed by atoms with Gasteiger partial charge >= 0.3 is 0 Å². The molecule has 4 heavy (non-hydrogen) atoms. The van der Waals surface area contributed by atoms with Crippen LogP contribution in [0.4, 0.5) is 0 Å². The van der Waals surface area contributed by atoms with Gasteiger partial charge in [-0.2, -0.15) is 0 Å². The van der Waals surface area contributed by atoms with Crippen LogP contribution in [0.2, 0.25) is 0 Å².